The normalized spacial score (nSPS) is 16.9. The molecule has 0 amide bonds. The van der Waals surface area contributed by atoms with Gasteiger partial charge in [-0.2, -0.15) is 0 Å². The highest BCUT2D eigenvalue weighted by atomic mass is 16.5. The van der Waals surface area contributed by atoms with Crippen molar-refractivity contribution < 1.29 is 9.47 Å². The van der Waals surface area contributed by atoms with Gasteiger partial charge in [-0.1, -0.05) is 19.9 Å². The summed E-state index contributed by atoms with van der Waals surface area (Å²) in [6, 6.07) is 6.17. The lowest BCUT2D eigenvalue weighted by Gasteiger charge is -2.31. The molecule has 1 aromatic carbocycles. The van der Waals surface area contributed by atoms with E-state index >= 15 is 0 Å². The molecule has 156 valence electrons. The Labute approximate surface area is 173 Å². The van der Waals surface area contributed by atoms with E-state index in [1.165, 1.54) is 35.5 Å². The molecular formula is C23H32N4O2. The van der Waals surface area contributed by atoms with Crippen LogP contribution in [0.25, 0.3) is 0 Å². The largest absolute Gasteiger partial charge is 0.493 e. The molecule has 6 nitrogen and oxygen atoms in total. The topological polar surface area (TPSA) is 50.7 Å². The molecule has 29 heavy (non-hydrogen) atoms. The second-order valence-electron chi connectivity index (χ2n) is 8.33. The minimum Gasteiger partial charge on any atom is -0.493 e. The highest BCUT2D eigenvalue weighted by Gasteiger charge is 2.27. The predicted molar refractivity (Wildman–Crippen MR) is 115 cm³/mol. The van der Waals surface area contributed by atoms with Crippen molar-refractivity contribution in [2.75, 3.05) is 38.8 Å². The lowest BCUT2D eigenvalue weighted by molar-refractivity contribution is 0.240. The Hall–Kier alpha value is -2.34. The standard InChI is InChI=1S/C23H32N4O2/c1-16(2)22-24-19-15-26(14-17-7-8-20(28-3)21(13-17)29-4)12-9-18(19)23(25-22)27-10-5-6-11-27/h7-8,13,16H,5-6,9-12,14-15H2,1-4H3. The highest BCUT2D eigenvalue weighted by Crippen LogP contribution is 2.32. The van der Waals surface area contributed by atoms with E-state index in [1.807, 2.05) is 6.07 Å². The predicted octanol–water partition coefficient (Wildman–Crippen LogP) is 3.78. The molecule has 2 aromatic rings. The van der Waals surface area contributed by atoms with Crippen molar-refractivity contribution >= 4 is 5.82 Å². The van der Waals surface area contributed by atoms with Crippen LogP contribution in [0.2, 0.25) is 0 Å². The van der Waals surface area contributed by atoms with Gasteiger partial charge < -0.3 is 14.4 Å². The number of aromatic nitrogens is 2. The number of anilines is 1. The molecular weight excluding hydrogens is 364 g/mol. The van der Waals surface area contributed by atoms with Crippen molar-refractivity contribution in [1.82, 2.24) is 14.9 Å². The molecule has 3 heterocycles. The molecule has 0 bridgehead atoms. The summed E-state index contributed by atoms with van der Waals surface area (Å²) < 4.78 is 10.8. The van der Waals surface area contributed by atoms with E-state index in [0.717, 1.165) is 56.5 Å². The van der Waals surface area contributed by atoms with Crippen LogP contribution in [-0.4, -0.2) is 48.7 Å². The summed E-state index contributed by atoms with van der Waals surface area (Å²) in [5, 5.41) is 0. The first-order valence-electron chi connectivity index (χ1n) is 10.7. The Kier molecular flexibility index (Phi) is 5.90. The quantitative estimate of drug-likeness (QED) is 0.741. The van der Waals surface area contributed by atoms with Gasteiger partial charge in [0, 0.05) is 44.2 Å². The second kappa shape index (κ2) is 8.57. The van der Waals surface area contributed by atoms with Crippen LogP contribution >= 0.6 is 0 Å². The third-order valence-electron chi connectivity index (χ3n) is 5.92. The van der Waals surface area contributed by atoms with Gasteiger partial charge in [0.1, 0.15) is 11.6 Å². The smallest absolute Gasteiger partial charge is 0.161 e. The summed E-state index contributed by atoms with van der Waals surface area (Å²) in [4.78, 5) is 14.9. The molecule has 0 saturated carbocycles. The molecule has 0 unspecified atom stereocenters. The van der Waals surface area contributed by atoms with E-state index in [1.54, 1.807) is 14.2 Å². The number of hydrogen-bond donors (Lipinski definition) is 0. The molecule has 0 atom stereocenters. The van der Waals surface area contributed by atoms with Crippen LogP contribution < -0.4 is 14.4 Å². The van der Waals surface area contributed by atoms with E-state index in [9.17, 15) is 0 Å². The van der Waals surface area contributed by atoms with E-state index in [2.05, 4.69) is 35.8 Å². The first-order valence-corrected chi connectivity index (χ1v) is 10.7. The van der Waals surface area contributed by atoms with Gasteiger partial charge in [0.05, 0.1) is 19.9 Å². The Morgan fingerprint density at radius 1 is 1.00 bits per heavy atom. The van der Waals surface area contributed by atoms with Crippen LogP contribution in [0.1, 0.15) is 55.3 Å². The molecule has 0 aliphatic carbocycles. The number of rotatable bonds is 6. The van der Waals surface area contributed by atoms with Crippen molar-refractivity contribution in [2.24, 2.45) is 0 Å². The van der Waals surface area contributed by atoms with E-state index in [-0.39, 0.29) is 0 Å². The number of nitrogens with zero attached hydrogens (tertiary/aromatic N) is 4. The molecule has 2 aliphatic rings. The van der Waals surface area contributed by atoms with E-state index in [4.69, 9.17) is 19.4 Å². The average Bonchev–Trinajstić information content (AvgIpc) is 3.27. The zero-order valence-corrected chi connectivity index (χ0v) is 18.1. The van der Waals surface area contributed by atoms with Gasteiger partial charge in [0.25, 0.3) is 0 Å². The number of ether oxygens (including phenoxy) is 2. The molecule has 1 fully saturated rings. The Morgan fingerprint density at radius 2 is 1.76 bits per heavy atom. The maximum Gasteiger partial charge on any atom is 0.161 e. The van der Waals surface area contributed by atoms with Crippen molar-refractivity contribution in [2.45, 2.75) is 52.1 Å². The van der Waals surface area contributed by atoms with Crippen LogP contribution in [-0.2, 0) is 19.5 Å². The monoisotopic (exact) mass is 396 g/mol. The molecule has 2 aliphatic heterocycles. The van der Waals surface area contributed by atoms with E-state index in [0.29, 0.717) is 5.92 Å². The summed E-state index contributed by atoms with van der Waals surface area (Å²) in [5.74, 6) is 4.05. The van der Waals surface area contributed by atoms with Crippen LogP contribution in [0.4, 0.5) is 5.82 Å². The van der Waals surface area contributed by atoms with Crippen LogP contribution in [0, 0.1) is 0 Å². The zero-order chi connectivity index (χ0) is 20.4. The Morgan fingerprint density at radius 3 is 2.45 bits per heavy atom. The molecule has 4 rings (SSSR count). The SMILES string of the molecule is COc1ccc(CN2CCc3c(nc(C(C)C)nc3N3CCCC3)C2)cc1OC. The number of benzene rings is 1. The fourth-order valence-electron chi connectivity index (χ4n) is 4.30. The summed E-state index contributed by atoms with van der Waals surface area (Å²) >= 11 is 0. The maximum absolute atomic E-state index is 5.47. The second-order valence-corrected chi connectivity index (χ2v) is 8.33. The molecule has 1 saturated heterocycles. The molecule has 0 spiro atoms. The molecule has 0 radical (unpaired) electrons. The van der Waals surface area contributed by atoms with Crippen LogP contribution in [0.5, 0.6) is 11.5 Å². The third-order valence-corrected chi connectivity index (χ3v) is 5.92. The third kappa shape index (κ3) is 4.17. The van der Waals surface area contributed by atoms with Gasteiger partial charge in [-0.05, 0) is 37.0 Å². The minimum absolute atomic E-state index is 0.336. The van der Waals surface area contributed by atoms with Crippen molar-refractivity contribution in [3.05, 3.63) is 40.8 Å². The Bertz CT molecular complexity index is 862. The summed E-state index contributed by atoms with van der Waals surface area (Å²) in [6.45, 7) is 9.37. The van der Waals surface area contributed by atoms with Crippen molar-refractivity contribution in [3.63, 3.8) is 0 Å². The minimum atomic E-state index is 0.336. The van der Waals surface area contributed by atoms with Gasteiger partial charge in [0.15, 0.2) is 11.5 Å². The van der Waals surface area contributed by atoms with Crippen LogP contribution in [0.15, 0.2) is 18.2 Å². The summed E-state index contributed by atoms with van der Waals surface area (Å²) in [5.41, 5.74) is 3.79. The number of methoxy groups -OCH3 is 2. The van der Waals surface area contributed by atoms with E-state index < -0.39 is 0 Å². The first-order chi connectivity index (χ1) is 14.1. The molecule has 6 heteroatoms. The fraction of sp³-hybridized carbons (Fsp3) is 0.565. The van der Waals surface area contributed by atoms with Gasteiger partial charge in [-0.25, -0.2) is 9.97 Å². The molecule has 1 aromatic heterocycles. The van der Waals surface area contributed by atoms with Gasteiger partial charge in [0.2, 0.25) is 0 Å². The van der Waals surface area contributed by atoms with Gasteiger partial charge >= 0.3 is 0 Å². The fourth-order valence-corrected chi connectivity index (χ4v) is 4.30. The number of fused-ring (bicyclic) bond motifs is 1. The lowest BCUT2D eigenvalue weighted by Crippen LogP contribution is -2.33. The average molecular weight is 397 g/mol. The van der Waals surface area contributed by atoms with Crippen LogP contribution in [0.3, 0.4) is 0 Å². The highest BCUT2D eigenvalue weighted by molar-refractivity contribution is 5.51. The van der Waals surface area contributed by atoms with Crippen molar-refractivity contribution in [3.8, 4) is 11.5 Å². The van der Waals surface area contributed by atoms with Gasteiger partial charge in [-0.3, -0.25) is 4.90 Å². The lowest BCUT2D eigenvalue weighted by atomic mass is 10.0. The van der Waals surface area contributed by atoms with Crippen molar-refractivity contribution in [1.29, 1.82) is 0 Å². The maximum atomic E-state index is 5.47. The number of hydrogen-bond acceptors (Lipinski definition) is 6. The van der Waals surface area contributed by atoms with Gasteiger partial charge in [-0.15, -0.1) is 0 Å². The summed E-state index contributed by atoms with van der Waals surface area (Å²) in [7, 11) is 3.35. The zero-order valence-electron chi connectivity index (χ0n) is 18.1. The first kappa shape index (κ1) is 20.0. The summed E-state index contributed by atoms with van der Waals surface area (Å²) in [6.07, 6.45) is 3.54. The Balaban J connectivity index is 1.57. The molecule has 0 N–H and O–H groups in total.